The number of hydrogen-bond donors (Lipinski definition) is 1. The van der Waals surface area contributed by atoms with E-state index in [4.69, 9.17) is 10.5 Å². The van der Waals surface area contributed by atoms with Crippen molar-refractivity contribution in [1.82, 2.24) is 19.5 Å². The van der Waals surface area contributed by atoms with Crippen LogP contribution in [0.1, 0.15) is 6.92 Å². The third-order valence-electron chi connectivity index (χ3n) is 2.55. The lowest BCUT2D eigenvalue weighted by Gasteiger charge is -2.10. The second-order valence-corrected chi connectivity index (χ2v) is 5.24. The molecule has 2 aromatic rings. The lowest BCUT2D eigenvalue weighted by atomic mass is 10.4. The van der Waals surface area contributed by atoms with Crippen molar-refractivity contribution in [1.29, 1.82) is 0 Å². The van der Waals surface area contributed by atoms with Crippen LogP contribution >= 0.6 is 8.03 Å². The van der Waals surface area contributed by atoms with Gasteiger partial charge in [0, 0.05) is 0 Å². The standard InChI is InChI=1S/C10H15N5O3P/c1-7(18-6-19(16)17-2)3-15-5-14-8-9(11)12-4-13-10(8)15/h4-5,7H,3,6H2,1-2H3,(H2,11,12,13)/q+1. The molecule has 102 valence electrons. The fourth-order valence-electron chi connectivity index (χ4n) is 1.60. The summed E-state index contributed by atoms with van der Waals surface area (Å²) in [6.07, 6.45) is 2.94. The zero-order valence-electron chi connectivity index (χ0n) is 10.7. The SMILES string of the molecule is CO[P+](=O)COC(C)Cn1cnc2c(N)ncnc21. The summed E-state index contributed by atoms with van der Waals surface area (Å²) in [4.78, 5) is 12.2. The van der Waals surface area contributed by atoms with Crippen LogP contribution in [-0.2, 0) is 20.4 Å². The Bertz CT molecular complexity index is 588. The smallest absolute Gasteiger partial charge is 0.382 e. The fourth-order valence-corrected chi connectivity index (χ4v) is 2.08. The van der Waals surface area contributed by atoms with Crippen LogP contribution in [0.25, 0.3) is 11.2 Å². The molecule has 0 radical (unpaired) electrons. The molecule has 0 aromatic carbocycles. The molecule has 2 N–H and O–H groups in total. The monoisotopic (exact) mass is 284 g/mol. The Morgan fingerprint density at radius 1 is 1.47 bits per heavy atom. The predicted molar refractivity (Wildman–Crippen MR) is 69.8 cm³/mol. The zero-order chi connectivity index (χ0) is 13.8. The average Bonchev–Trinajstić information content (AvgIpc) is 2.81. The molecule has 2 heterocycles. The van der Waals surface area contributed by atoms with Gasteiger partial charge < -0.3 is 15.0 Å². The van der Waals surface area contributed by atoms with Crippen LogP contribution in [-0.4, -0.2) is 39.1 Å². The quantitative estimate of drug-likeness (QED) is 0.793. The second kappa shape index (κ2) is 6.01. The largest absolute Gasteiger partial charge is 0.536 e. The van der Waals surface area contributed by atoms with Crippen LogP contribution in [0.3, 0.4) is 0 Å². The number of nitrogens with two attached hydrogens (primary N) is 1. The van der Waals surface area contributed by atoms with Gasteiger partial charge in [0.1, 0.15) is 11.8 Å². The van der Waals surface area contributed by atoms with Gasteiger partial charge in [-0.2, -0.15) is 0 Å². The van der Waals surface area contributed by atoms with E-state index < -0.39 is 8.03 Å². The summed E-state index contributed by atoms with van der Waals surface area (Å²) in [7, 11) is -0.372. The molecule has 0 bridgehead atoms. The molecule has 0 spiro atoms. The molecule has 0 aliphatic carbocycles. The van der Waals surface area contributed by atoms with E-state index in [1.165, 1.54) is 13.4 Å². The third-order valence-corrected chi connectivity index (χ3v) is 3.32. The highest BCUT2D eigenvalue weighted by Gasteiger charge is 2.18. The number of rotatable bonds is 6. The van der Waals surface area contributed by atoms with Crippen molar-refractivity contribution in [3.63, 3.8) is 0 Å². The number of hydrogen-bond acceptors (Lipinski definition) is 7. The van der Waals surface area contributed by atoms with Crippen LogP contribution in [0.4, 0.5) is 5.82 Å². The molecular formula is C10H15N5O3P+. The van der Waals surface area contributed by atoms with Gasteiger partial charge in [0.2, 0.25) is 0 Å². The number of nitrogen functional groups attached to an aromatic ring is 1. The van der Waals surface area contributed by atoms with Gasteiger partial charge in [-0.05, 0) is 11.5 Å². The molecule has 0 fully saturated rings. The van der Waals surface area contributed by atoms with Crippen molar-refractivity contribution in [2.24, 2.45) is 0 Å². The summed E-state index contributed by atoms with van der Waals surface area (Å²) < 4.78 is 23.0. The molecular weight excluding hydrogens is 269 g/mol. The van der Waals surface area contributed by atoms with Crippen molar-refractivity contribution in [2.45, 2.75) is 19.6 Å². The van der Waals surface area contributed by atoms with Crippen molar-refractivity contribution >= 4 is 25.0 Å². The highest BCUT2D eigenvalue weighted by atomic mass is 31.1. The minimum Gasteiger partial charge on any atom is -0.382 e. The topological polar surface area (TPSA) is 105 Å². The molecule has 9 heteroatoms. The summed E-state index contributed by atoms with van der Waals surface area (Å²) in [5, 5.41) is 0. The molecule has 0 aliphatic rings. The Kier molecular flexibility index (Phi) is 4.36. The average molecular weight is 284 g/mol. The molecule has 2 unspecified atom stereocenters. The number of aromatic nitrogens is 4. The Balaban J connectivity index is 2.05. The van der Waals surface area contributed by atoms with E-state index in [1.54, 1.807) is 6.33 Å². The third kappa shape index (κ3) is 3.23. The second-order valence-electron chi connectivity index (χ2n) is 3.95. The summed E-state index contributed by atoms with van der Waals surface area (Å²) in [6, 6.07) is 0. The van der Waals surface area contributed by atoms with Gasteiger partial charge in [-0.3, -0.25) is 0 Å². The van der Waals surface area contributed by atoms with E-state index in [0.29, 0.717) is 23.5 Å². The molecule has 0 amide bonds. The van der Waals surface area contributed by atoms with Crippen LogP contribution in [0.5, 0.6) is 0 Å². The summed E-state index contributed by atoms with van der Waals surface area (Å²) in [6.45, 7) is 2.40. The maximum absolute atomic E-state index is 11.1. The van der Waals surface area contributed by atoms with Gasteiger partial charge in [0.05, 0.1) is 26.1 Å². The number of ether oxygens (including phenoxy) is 1. The molecule has 2 atom stereocenters. The Labute approximate surface area is 110 Å². The van der Waals surface area contributed by atoms with E-state index >= 15 is 0 Å². The minimum absolute atomic E-state index is 0.0662. The van der Waals surface area contributed by atoms with Crippen molar-refractivity contribution in [2.75, 3.05) is 19.2 Å². The molecule has 2 aromatic heterocycles. The summed E-state index contributed by atoms with van der Waals surface area (Å²) >= 11 is 0. The molecule has 2 rings (SSSR count). The summed E-state index contributed by atoms with van der Waals surface area (Å²) in [5.74, 6) is 0.347. The van der Waals surface area contributed by atoms with Gasteiger partial charge in [-0.1, -0.05) is 0 Å². The molecule has 8 nitrogen and oxygen atoms in total. The number of fused-ring (bicyclic) bond motifs is 1. The van der Waals surface area contributed by atoms with Gasteiger partial charge in [0.25, 0.3) is 6.35 Å². The van der Waals surface area contributed by atoms with E-state index in [2.05, 4.69) is 19.5 Å². The first-order chi connectivity index (χ1) is 9.11. The molecule has 0 saturated carbocycles. The van der Waals surface area contributed by atoms with Crippen LogP contribution in [0.15, 0.2) is 12.7 Å². The van der Waals surface area contributed by atoms with Crippen LogP contribution in [0.2, 0.25) is 0 Å². The lowest BCUT2D eigenvalue weighted by molar-refractivity contribution is 0.0836. The number of anilines is 1. The van der Waals surface area contributed by atoms with Crippen molar-refractivity contribution in [3.8, 4) is 0 Å². The normalized spacial score (nSPS) is 13.7. The molecule has 0 saturated heterocycles. The van der Waals surface area contributed by atoms with Gasteiger partial charge >= 0.3 is 8.03 Å². The minimum atomic E-state index is -1.76. The Hall–Kier alpha value is -1.63. The van der Waals surface area contributed by atoms with Crippen molar-refractivity contribution < 1.29 is 13.8 Å². The number of imidazole rings is 1. The summed E-state index contributed by atoms with van der Waals surface area (Å²) in [5.41, 5.74) is 6.92. The highest BCUT2D eigenvalue weighted by Crippen LogP contribution is 2.21. The first-order valence-electron chi connectivity index (χ1n) is 5.63. The van der Waals surface area contributed by atoms with Crippen LogP contribution in [0, 0.1) is 0 Å². The van der Waals surface area contributed by atoms with E-state index in [-0.39, 0.29) is 12.5 Å². The van der Waals surface area contributed by atoms with Gasteiger partial charge in [-0.25, -0.2) is 15.0 Å². The first-order valence-corrected chi connectivity index (χ1v) is 6.99. The lowest BCUT2D eigenvalue weighted by Crippen LogP contribution is -2.16. The van der Waals surface area contributed by atoms with Crippen LogP contribution < -0.4 is 5.73 Å². The van der Waals surface area contributed by atoms with E-state index in [9.17, 15) is 4.57 Å². The first kappa shape index (κ1) is 13.8. The fraction of sp³-hybridized carbons (Fsp3) is 0.500. The Morgan fingerprint density at radius 3 is 3.00 bits per heavy atom. The van der Waals surface area contributed by atoms with E-state index in [1.807, 2.05) is 11.5 Å². The van der Waals surface area contributed by atoms with E-state index in [0.717, 1.165) is 0 Å². The Morgan fingerprint density at radius 2 is 2.26 bits per heavy atom. The number of nitrogens with zero attached hydrogens (tertiary/aromatic N) is 4. The maximum Gasteiger partial charge on any atom is 0.536 e. The van der Waals surface area contributed by atoms with Gasteiger partial charge in [0.15, 0.2) is 11.5 Å². The predicted octanol–water partition coefficient (Wildman–Crippen LogP) is 1.16. The molecule has 19 heavy (non-hydrogen) atoms. The molecule has 0 aliphatic heterocycles. The zero-order valence-corrected chi connectivity index (χ0v) is 11.6. The highest BCUT2D eigenvalue weighted by molar-refractivity contribution is 7.38. The van der Waals surface area contributed by atoms with Gasteiger partial charge in [-0.15, -0.1) is 4.52 Å². The maximum atomic E-state index is 11.1. The van der Waals surface area contributed by atoms with Crippen molar-refractivity contribution in [3.05, 3.63) is 12.7 Å².